The number of rotatable bonds is 7. The van der Waals surface area contributed by atoms with Gasteiger partial charge in [0, 0.05) is 35.8 Å². The minimum atomic E-state index is -4.67. The summed E-state index contributed by atoms with van der Waals surface area (Å²) in [7, 11) is 0. The van der Waals surface area contributed by atoms with Crippen molar-refractivity contribution in [3.63, 3.8) is 0 Å². The average Bonchev–Trinajstić information content (AvgIpc) is 3.31. The Labute approximate surface area is 192 Å². The molecule has 8 nitrogen and oxygen atoms in total. The van der Waals surface area contributed by atoms with Gasteiger partial charge >= 0.3 is 6.18 Å². The Morgan fingerprint density at radius 1 is 1.35 bits per heavy atom. The Bertz CT molecular complexity index is 1250. The molecule has 1 atom stereocenters. The van der Waals surface area contributed by atoms with E-state index < -0.39 is 30.3 Å². The first-order valence-corrected chi connectivity index (χ1v) is 10.5. The van der Waals surface area contributed by atoms with Gasteiger partial charge in [-0.05, 0) is 31.5 Å². The number of primary amides is 1. The van der Waals surface area contributed by atoms with Crippen molar-refractivity contribution in [2.45, 2.75) is 32.0 Å². The van der Waals surface area contributed by atoms with Gasteiger partial charge in [0.05, 0.1) is 18.1 Å². The quantitative estimate of drug-likeness (QED) is 0.540. The maximum Gasteiger partial charge on any atom is 0.433 e. The van der Waals surface area contributed by atoms with Crippen molar-refractivity contribution in [1.29, 1.82) is 0 Å². The maximum absolute atomic E-state index is 13.4. The summed E-state index contributed by atoms with van der Waals surface area (Å²) in [6.07, 6.45) is -3.26. The molecule has 1 aromatic carbocycles. The van der Waals surface area contributed by atoms with Gasteiger partial charge in [-0.15, -0.1) is 0 Å². The fourth-order valence-corrected chi connectivity index (χ4v) is 4.40. The van der Waals surface area contributed by atoms with Crippen molar-refractivity contribution in [3.05, 3.63) is 58.6 Å². The summed E-state index contributed by atoms with van der Waals surface area (Å²) in [5.74, 6) is -1.42. The second-order valence-electron chi connectivity index (χ2n) is 7.94. The number of carbonyl (C=O) groups excluding carboxylic acids is 2. The molecular formula is C23H22F3N3O5. The highest BCUT2D eigenvalue weighted by Gasteiger charge is 2.38. The number of aryl methyl sites for hydroxylation is 1. The molecule has 3 heterocycles. The van der Waals surface area contributed by atoms with Crippen LogP contribution in [0.2, 0.25) is 0 Å². The van der Waals surface area contributed by atoms with E-state index >= 15 is 0 Å². The molecule has 0 saturated carbocycles. The molecule has 4 rings (SSSR count). The minimum Gasteiger partial charge on any atom is -0.488 e. The van der Waals surface area contributed by atoms with Crippen molar-refractivity contribution in [2.24, 2.45) is 5.73 Å². The SMILES string of the molecule is Cc1oc2ccc(OCc3cccnc3C(F)(F)F)c(C3CCN(CCO)C3=O)c2c1C(N)=O. The molecule has 1 aliphatic rings. The highest BCUT2D eigenvalue weighted by atomic mass is 19.4. The number of likely N-dealkylation sites (tertiary alicyclic amines) is 1. The zero-order chi connectivity index (χ0) is 24.6. The first-order chi connectivity index (χ1) is 16.1. The van der Waals surface area contributed by atoms with Crippen LogP contribution in [0.1, 0.15) is 45.3 Å². The molecular weight excluding hydrogens is 455 g/mol. The highest BCUT2D eigenvalue weighted by molar-refractivity contribution is 6.09. The molecule has 0 aliphatic carbocycles. The van der Waals surface area contributed by atoms with Crippen molar-refractivity contribution < 1.29 is 37.0 Å². The summed E-state index contributed by atoms with van der Waals surface area (Å²) in [5, 5.41) is 9.56. The lowest BCUT2D eigenvalue weighted by molar-refractivity contribution is -0.142. The number of alkyl halides is 3. The van der Waals surface area contributed by atoms with E-state index in [9.17, 15) is 27.9 Å². The third kappa shape index (κ3) is 4.18. The molecule has 1 aliphatic heterocycles. The summed E-state index contributed by atoms with van der Waals surface area (Å²) in [6.45, 7) is 1.38. The maximum atomic E-state index is 13.4. The van der Waals surface area contributed by atoms with Crippen LogP contribution in [0.25, 0.3) is 11.0 Å². The summed E-state index contributed by atoms with van der Waals surface area (Å²) in [6, 6.07) is 5.65. The smallest absolute Gasteiger partial charge is 0.433 e. The van der Waals surface area contributed by atoms with Crippen LogP contribution in [-0.4, -0.2) is 46.5 Å². The Balaban J connectivity index is 1.82. The molecule has 0 spiro atoms. The van der Waals surface area contributed by atoms with Gasteiger partial charge in [-0.2, -0.15) is 13.2 Å². The second-order valence-corrected chi connectivity index (χ2v) is 7.94. The molecule has 1 saturated heterocycles. The number of β-amino-alcohol motifs (C(OH)–C–C–N with tert-alkyl or cyclic N) is 1. The molecule has 1 unspecified atom stereocenters. The van der Waals surface area contributed by atoms with Gasteiger partial charge < -0.3 is 24.9 Å². The molecule has 2 amide bonds. The number of amides is 2. The molecule has 0 bridgehead atoms. The van der Waals surface area contributed by atoms with Gasteiger partial charge in [0.1, 0.15) is 23.7 Å². The third-order valence-corrected chi connectivity index (χ3v) is 5.84. The highest BCUT2D eigenvalue weighted by Crippen LogP contribution is 2.43. The van der Waals surface area contributed by atoms with Crippen LogP contribution in [-0.2, 0) is 17.6 Å². The number of hydrogen-bond acceptors (Lipinski definition) is 6. The number of nitrogens with two attached hydrogens (primary N) is 1. The Kier molecular flexibility index (Phi) is 6.22. The molecule has 3 N–H and O–H groups in total. The number of hydrogen-bond donors (Lipinski definition) is 2. The molecule has 2 aromatic heterocycles. The lowest BCUT2D eigenvalue weighted by Crippen LogP contribution is -2.29. The number of ether oxygens (including phenoxy) is 1. The molecule has 0 radical (unpaired) electrons. The largest absolute Gasteiger partial charge is 0.488 e. The van der Waals surface area contributed by atoms with E-state index in [2.05, 4.69) is 4.98 Å². The van der Waals surface area contributed by atoms with E-state index in [1.807, 2.05) is 0 Å². The second kappa shape index (κ2) is 8.98. The first-order valence-electron chi connectivity index (χ1n) is 10.5. The van der Waals surface area contributed by atoms with E-state index in [-0.39, 0.29) is 41.7 Å². The number of fused-ring (bicyclic) bond motifs is 1. The normalized spacial score (nSPS) is 16.4. The number of carbonyl (C=O) groups is 2. The van der Waals surface area contributed by atoms with Gasteiger partial charge in [0.15, 0.2) is 5.69 Å². The van der Waals surface area contributed by atoms with Crippen molar-refractivity contribution in [1.82, 2.24) is 9.88 Å². The van der Waals surface area contributed by atoms with Gasteiger partial charge in [-0.1, -0.05) is 6.07 Å². The first kappa shape index (κ1) is 23.6. The molecule has 1 fully saturated rings. The van der Waals surface area contributed by atoms with Crippen LogP contribution in [0, 0.1) is 6.92 Å². The Morgan fingerprint density at radius 2 is 2.12 bits per heavy atom. The third-order valence-electron chi connectivity index (χ3n) is 5.84. The van der Waals surface area contributed by atoms with Crippen molar-refractivity contribution in [3.8, 4) is 5.75 Å². The van der Waals surface area contributed by atoms with Crippen molar-refractivity contribution in [2.75, 3.05) is 19.7 Å². The van der Waals surface area contributed by atoms with Crippen LogP contribution < -0.4 is 10.5 Å². The van der Waals surface area contributed by atoms with E-state index in [1.54, 1.807) is 6.92 Å². The Morgan fingerprint density at radius 3 is 2.79 bits per heavy atom. The summed E-state index contributed by atoms with van der Waals surface area (Å²) < 4.78 is 51.6. The number of aliphatic hydroxyl groups is 1. The number of nitrogens with zero attached hydrogens (tertiary/aromatic N) is 2. The fraction of sp³-hybridized carbons (Fsp3) is 0.348. The Hall–Kier alpha value is -3.60. The van der Waals surface area contributed by atoms with Crippen LogP contribution >= 0.6 is 0 Å². The van der Waals surface area contributed by atoms with Crippen molar-refractivity contribution >= 4 is 22.8 Å². The van der Waals surface area contributed by atoms with Crippen LogP contribution in [0.4, 0.5) is 13.2 Å². The molecule has 180 valence electrons. The van der Waals surface area contributed by atoms with Gasteiger partial charge in [-0.3, -0.25) is 14.6 Å². The molecule has 3 aromatic rings. The number of furan rings is 1. The summed E-state index contributed by atoms with van der Waals surface area (Å²) >= 11 is 0. The zero-order valence-corrected chi connectivity index (χ0v) is 18.2. The molecule has 11 heteroatoms. The summed E-state index contributed by atoms with van der Waals surface area (Å²) in [4.78, 5) is 30.2. The topological polar surface area (TPSA) is 119 Å². The van der Waals surface area contributed by atoms with Gasteiger partial charge in [0.25, 0.3) is 5.91 Å². The lowest BCUT2D eigenvalue weighted by atomic mass is 9.91. The van der Waals surface area contributed by atoms with Gasteiger partial charge in [-0.25, -0.2) is 0 Å². The number of benzene rings is 1. The predicted molar refractivity (Wildman–Crippen MR) is 114 cm³/mol. The predicted octanol–water partition coefficient (Wildman–Crippen LogP) is 3.14. The van der Waals surface area contributed by atoms with Crippen LogP contribution in [0.3, 0.4) is 0 Å². The molecule has 34 heavy (non-hydrogen) atoms. The van der Waals surface area contributed by atoms with Gasteiger partial charge in [0.2, 0.25) is 5.91 Å². The van der Waals surface area contributed by atoms with E-state index in [0.717, 1.165) is 6.20 Å². The average molecular weight is 477 g/mol. The number of aromatic nitrogens is 1. The standard InChI is InChI=1S/C23H22F3N3O5/c1-12-17(21(27)31)19-16(34-12)5-4-15(18(19)14-6-8-29(9-10-30)22(14)32)33-11-13-3-2-7-28-20(13)23(24,25)26/h2-5,7,14,30H,6,8-11H2,1H3,(H2,27,31). The van der Waals surface area contributed by atoms with E-state index in [4.69, 9.17) is 14.9 Å². The minimum absolute atomic E-state index is 0.0845. The van der Waals surface area contributed by atoms with E-state index in [1.165, 1.54) is 29.2 Å². The lowest BCUT2D eigenvalue weighted by Gasteiger charge is -2.19. The zero-order valence-electron chi connectivity index (χ0n) is 18.2. The number of pyridine rings is 1. The van der Waals surface area contributed by atoms with E-state index in [0.29, 0.717) is 29.5 Å². The fourth-order valence-electron chi connectivity index (χ4n) is 4.40. The number of halogens is 3. The summed E-state index contributed by atoms with van der Waals surface area (Å²) in [5.41, 5.74) is 5.05. The number of aliphatic hydroxyl groups excluding tert-OH is 1. The van der Waals surface area contributed by atoms with Crippen LogP contribution in [0.5, 0.6) is 5.75 Å². The monoisotopic (exact) mass is 477 g/mol. The van der Waals surface area contributed by atoms with Crippen LogP contribution in [0.15, 0.2) is 34.9 Å².